The van der Waals surface area contributed by atoms with Gasteiger partial charge in [-0.15, -0.1) is 11.8 Å². The Hall–Kier alpha value is -2.01. The number of nitrogens with one attached hydrogen (secondary N) is 1. The van der Waals surface area contributed by atoms with Crippen molar-refractivity contribution < 1.29 is 13.9 Å². The van der Waals surface area contributed by atoms with Gasteiger partial charge in [-0.3, -0.25) is 4.79 Å². The molecule has 1 N–H and O–H groups in total. The first-order valence-corrected chi connectivity index (χ1v) is 7.57. The molecule has 0 atom stereocenters. The molecule has 3 nitrogen and oxygen atoms in total. The van der Waals surface area contributed by atoms with Crippen LogP contribution in [0.2, 0.25) is 0 Å². The highest BCUT2D eigenvalue weighted by molar-refractivity contribution is 8.00. The molecule has 0 heterocycles. The number of hydrogen-bond donors (Lipinski definition) is 1. The largest absolute Gasteiger partial charge is 0.492 e. The molecule has 0 saturated carbocycles. The predicted molar refractivity (Wildman–Crippen MR) is 83.4 cm³/mol. The third-order valence-corrected chi connectivity index (χ3v) is 3.66. The number of ether oxygens (including phenoxy) is 1. The second-order valence-electron chi connectivity index (χ2n) is 4.22. The van der Waals surface area contributed by atoms with Gasteiger partial charge in [-0.1, -0.05) is 12.1 Å². The van der Waals surface area contributed by atoms with Crippen molar-refractivity contribution >= 4 is 23.4 Å². The maximum atomic E-state index is 12.8. The molecule has 0 aliphatic heterocycles. The van der Waals surface area contributed by atoms with E-state index in [0.717, 1.165) is 4.90 Å². The number of halogens is 1. The lowest BCUT2D eigenvalue weighted by atomic mass is 10.3. The second kappa shape index (κ2) is 7.69. The van der Waals surface area contributed by atoms with Crippen molar-refractivity contribution in [2.24, 2.45) is 0 Å². The van der Waals surface area contributed by atoms with Crippen LogP contribution in [0, 0.1) is 5.82 Å². The highest BCUT2D eigenvalue weighted by Gasteiger charge is 2.08. The molecule has 0 aliphatic carbocycles. The molecule has 21 heavy (non-hydrogen) atoms. The van der Waals surface area contributed by atoms with Gasteiger partial charge in [0.15, 0.2) is 0 Å². The summed E-state index contributed by atoms with van der Waals surface area (Å²) in [6, 6.07) is 13.4. The number of carbonyl (C=O) groups excluding carboxylic acids is 1. The smallest absolute Gasteiger partial charge is 0.234 e. The van der Waals surface area contributed by atoms with Gasteiger partial charge in [0.1, 0.15) is 11.6 Å². The zero-order valence-electron chi connectivity index (χ0n) is 11.6. The van der Waals surface area contributed by atoms with E-state index in [1.54, 1.807) is 18.2 Å². The van der Waals surface area contributed by atoms with Gasteiger partial charge in [0.25, 0.3) is 0 Å². The lowest BCUT2D eigenvalue weighted by molar-refractivity contribution is -0.113. The predicted octanol–water partition coefficient (Wildman–Crippen LogP) is 3.96. The van der Waals surface area contributed by atoms with Crippen LogP contribution in [0.15, 0.2) is 53.4 Å². The van der Waals surface area contributed by atoms with E-state index < -0.39 is 0 Å². The number of benzene rings is 2. The molecule has 2 aromatic carbocycles. The van der Waals surface area contributed by atoms with Crippen LogP contribution in [-0.2, 0) is 4.79 Å². The quantitative estimate of drug-likeness (QED) is 0.821. The molecule has 0 saturated heterocycles. The third kappa shape index (κ3) is 4.79. The first-order valence-electron chi connectivity index (χ1n) is 6.59. The zero-order chi connectivity index (χ0) is 15.1. The van der Waals surface area contributed by atoms with E-state index >= 15 is 0 Å². The minimum atomic E-state index is -0.283. The number of anilines is 1. The van der Waals surface area contributed by atoms with Gasteiger partial charge in [-0.25, -0.2) is 4.39 Å². The fourth-order valence-corrected chi connectivity index (χ4v) is 2.42. The molecule has 110 valence electrons. The van der Waals surface area contributed by atoms with E-state index in [1.165, 1.54) is 23.9 Å². The Kier molecular flexibility index (Phi) is 5.63. The molecule has 0 aliphatic rings. The van der Waals surface area contributed by atoms with Gasteiger partial charge in [0.05, 0.1) is 18.0 Å². The van der Waals surface area contributed by atoms with Crippen LogP contribution in [0.3, 0.4) is 0 Å². The van der Waals surface area contributed by atoms with Crippen molar-refractivity contribution in [2.75, 3.05) is 17.7 Å². The lowest BCUT2D eigenvalue weighted by Crippen LogP contribution is -2.14. The van der Waals surface area contributed by atoms with E-state index in [2.05, 4.69) is 5.32 Å². The van der Waals surface area contributed by atoms with Crippen molar-refractivity contribution in [3.8, 4) is 5.75 Å². The lowest BCUT2D eigenvalue weighted by Gasteiger charge is -2.11. The number of thioether (sulfide) groups is 1. The molecule has 0 aromatic heterocycles. The fourth-order valence-electron chi connectivity index (χ4n) is 1.72. The molecule has 2 aromatic rings. The van der Waals surface area contributed by atoms with Gasteiger partial charge in [-0.05, 0) is 43.3 Å². The summed E-state index contributed by atoms with van der Waals surface area (Å²) in [4.78, 5) is 12.8. The first kappa shape index (κ1) is 15.4. The van der Waals surface area contributed by atoms with Crippen LogP contribution < -0.4 is 10.1 Å². The molecular formula is C16H16FNO2S. The standard InChI is InChI=1S/C16H16FNO2S/c1-2-20-15-6-4-3-5-14(15)18-16(19)11-21-13-9-7-12(17)8-10-13/h3-10H,2,11H2,1H3,(H,18,19). The Bertz CT molecular complexity index is 601. The summed E-state index contributed by atoms with van der Waals surface area (Å²) in [6.45, 7) is 2.43. The zero-order valence-corrected chi connectivity index (χ0v) is 12.5. The summed E-state index contributed by atoms with van der Waals surface area (Å²) in [5, 5.41) is 2.82. The molecular weight excluding hydrogens is 289 g/mol. The van der Waals surface area contributed by atoms with Gasteiger partial charge in [0.2, 0.25) is 5.91 Å². The van der Waals surface area contributed by atoms with E-state index in [9.17, 15) is 9.18 Å². The first-order chi connectivity index (χ1) is 10.2. The van der Waals surface area contributed by atoms with Crippen LogP contribution in [0.4, 0.5) is 10.1 Å². The Morgan fingerprint density at radius 1 is 1.19 bits per heavy atom. The summed E-state index contributed by atoms with van der Waals surface area (Å²) < 4.78 is 18.2. The van der Waals surface area contributed by atoms with E-state index in [0.29, 0.717) is 18.0 Å². The Morgan fingerprint density at radius 3 is 2.62 bits per heavy atom. The summed E-state index contributed by atoms with van der Waals surface area (Å²) in [5.74, 6) is 0.498. The average molecular weight is 305 g/mol. The maximum absolute atomic E-state index is 12.8. The number of carbonyl (C=O) groups is 1. The van der Waals surface area contributed by atoms with Crippen molar-refractivity contribution in [2.45, 2.75) is 11.8 Å². The van der Waals surface area contributed by atoms with Crippen molar-refractivity contribution in [3.63, 3.8) is 0 Å². The van der Waals surface area contributed by atoms with E-state index in [4.69, 9.17) is 4.74 Å². The number of rotatable bonds is 6. The van der Waals surface area contributed by atoms with Gasteiger partial charge in [-0.2, -0.15) is 0 Å². The van der Waals surface area contributed by atoms with Crippen LogP contribution in [0.25, 0.3) is 0 Å². The molecule has 0 unspecified atom stereocenters. The second-order valence-corrected chi connectivity index (χ2v) is 5.27. The minimum absolute atomic E-state index is 0.128. The van der Waals surface area contributed by atoms with Crippen LogP contribution in [0.1, 0.15) is 6.92 Å². The monoisotopic (exact) mass is 305 g/mol. The number of hydrogen-bond acceptors (Lipinski definition) is 3. The summed E-state index contributed by atoms with van der Waals surface area (Å²) >= 11 is 1.36. The molecule has 0 bridgehead atoms. The highest BCUT2D eigenvalue weighted by atomic mass is 32.2. The number of amides is 1. The van der Waals surface area contributed by atoms with Crippen LogP contribution in [0.5, 0.6) is 5.75 Å². The van der Waals surface area contributed by atoms with Gasteiger partial charge < -0.3 is 10.1 Å². The maximum Gasteiger partial charge on any atom is 0.234 e. The summed E-state index contributed by atoms with van der Waals surface area (Å²) in [6.07, 6.45) is 0. The molecule has 0 spiro atoms. The molecule has 0 fully saturated rings. The van der Waals surface area contributed by atoms with Crippen molar-refractivity contribution in [1.29, 1.82) is 0 Å². The SMILES string of the molecule is CCOc1ccccc1NC(=O)CSc1ccc(F)cc1. The summed E-state index contributed by atoms with van der Waals surface area (Å²) in [5.41, 5.74) is 0.657. The summed E-state index contributed by atoms with van der Waals surface area (Å²) in [7, 11) is 0. The Balaban J connectivity index is 1.91. The minimum Gasteiger partial charge on any atom is -0.492 e. The van der Waals surface area contributed by atoms with Crippen LogP contribution in [-0.4, -0.2) is 18.3 Å². The molecule has 5 heteroatoms. The third-order valence-electron chi connectivity index (χ3n) is 2.64. The van der Waals surface area contributed by atoms with E-state index in [-0.39, 0.29) is 17.5 Å². The Labute approximate surface area is 127 Å². The van der Waals surface area contributed by atoms with Crippen molar-refractivity contribution in [3.05, 3.63) is 54.3 Å². The normalized spacial score (nSPS) is 10.2. The molecule has 0 radical (unpaired) electrons. The van der Waals surface area contributed by atoms with Gasteiger partial charge in [0, 0.05) is 4.90 Å². The number of para-hydroxylation sites is 2. The topological polar surface area (TPSA) is 38.3 Å². The highest BCUT2D eigenvalue weighted by Crippen LogP contribution is 2.24. The van der Waals surface area contributed by atoms with Crippen molar-refractivity contribution in [1.82, 2.24) is 0 Å². The van der Waals surface area contributed by atoms with E-state index in [1.807, 2.05) is 25.1 Å². The average Bonchev–Trinajstić information content (AvgIpc) is 2.49. The molecule has 2 rings (SSSR count). The Morgan fingerprint density at radius 2 is 1.90 bits per heavy atom. The van der Waals surface area contributed by atoms with Gasteiger partial charge >= 0.3 is 0 Å². The fraction of sp³-hybridized carbons (Fsp3) is 0.188. The van der Waals surface area contributed by atoms with Crippen LogP contribution >= 0.6 is 11.8 Å². The molecule has 1 amide bonds.